The van der Waals surface area contributed by atoms with Gasteiger partial charge in [0, 0.05) is 12.8 Å². The van der Waals surface area contributed by atoms with Gasteiger partial charge < -0.3 is 4.74 Å². The Hall–Kier alpha value is -3.03. The maximum absolute atomic E-state index is 12.9. The van der Waals surface area contributed by atoms with Crippen LogP contribution in [0.3, 0.4) is 0 Å². The van der Waals surface area contributed by atoms with E-state index in [0.29, 0.717) is 6.42 Å². The fourth-order valence-corrected chi connectivity index (χ4v) is 3.58. The predicted molar refractivity (Wildman–Crippen MR) is 102 cm³/mol. The lowest BCUT2D eigenvalue weighted by atomic mass is 10.0. The highest BCUT2D eigenvalue weighted by Crippen LogP contribution is 2.33. The molecule has 1 unspecified atom stereocenters. The molecule has 3 rings (SSSR count). The SMILES string of the molecule is CCCCCCC(=O)COc1cccc2c1C(=O)N(C1CCC(=O)NC1=O)C2=O. The van der Waals surface area contributed by atoms with Gasteiger partial charge in [0.1, 0.15) is 18.4 Å². The summed E-state index contributed by atoms with van der Waals surface area (Å²) in [5.74, 6) is -2.26. The minimum atomic E-state index is -1.03. The molecule has 1 saturated heterocycles. The van der Waals surface area contributed by atoms with Crippen molar-refractivity contribution in [1.82, 2.24) is 10.2 Å². The summed E-state index contributed by atoms with van der Waals surface area (Å²) in [6.07, 6.45) is 4.49. The smallest absolute Gasteiger partial charge is 0.266 e. The first-order chi connectivity index (χ1) is 13.9. The molecule has 4 amide bonds. The molecular formula is C21H24N2O6. The molecule has 0 aliphatic carbocycles. The quantitative estimate of drug-likeness (QED) is 0.502. The maximum Gasteiger partial charge on any atom is 0.266 e. The van der Waals surface area contributed by atoms with E-state index in [-0.39, 0.29) is 42.1 Å². The third-order valence-corrected chi connectivity index (χ3v) is 5.13. The predicted octanol–water partition coefficient (Wildman–Crippen LogP) is 2.01. The molecule has 1 fully saturated rings. The van der Waals surface area contributed by atoms with Gasteiger partial charge in [0.05, 0.1) is 11.1 Å². The van der Waals surface area contributed by atoms with Crippen molar-refractivity contribution in [2.24, 2.45) is 0 Å². The summed E-state index contributed by atoms with van der Waals surface area (Å²) >= 11 is 0. The summed E-state index contributed by atoms with van der Waals surface area (Å²) in [4.78, 5) is 62.1. The van der Waals surface area contributed by atoms with Crippen molar-refractivity contribution in [3.8, 4) is 5.75 Å². The van der Waals surface area contributed by atoms with Crippen LogP contribution in [0.5, 0.6) is 5.75 Å². The Labute approximate surface area is 168 Å². The van der Waals surface area contributed by atoms with E-state index in [1.807, 2.05) is 0 Å². The molecule has 1 aromatic rings. The van der Waals surface area contributed by atoms with Crippen LogP contribution in [-0.4, -0.2) is 47.0 Å². The molecule has 8 nitrogen and oxygen atoms in total. The van der Waals surface area contributed by atoms with E-state index in [9.17, 15) is 24.0 Å². The summed E-state index contributed by atoms with van der Waals surface area (Å²) in [6.45, 7) is 1.92. The molecule has 0 spiro atoms. The third-order valence-electron chi connectivity index (χ3n) is 5.13. The van der Waals surface area contributed by atoms with Gasteiger partial charge >= 0.3 is 0 Å². The lowest BCUT2D eigenvalue weighted by Crippen LogP contribution is -2.54. The monoisotopic (exact) mass is 400 g/mol. The van der Waals surface area contributed by atoms with Crippen molar-refractivity contribution < 1.29 is 28.7 Å². The van der Waals surface area contributed by atoms with E-state index in [0.717, 1.165) is 30.6 Å². The minimum Gasteiger partial charge on any atom is -0.485 e. The molecule has 1 aromatic carbocycles. The Balaban J connectivity index is 1.71. The van der Waals surface area contributed by atoms with Crippen LogP contribution in [0.4, 0.5) is 0 Å². The van der Waals surface area contributed by atoms with Gasteiger partial charge in [0.25, 0.3) is 11.8 Å². The average Bonchev–Trinajstić information content (AvgIpc) is 2.95. The number of carbonyl (C=O) groups excluding carboxylic acids is 5. The highest BCUT2D eigenvalue weighted by Gasteiger charge is 2.46. The second-order valence-corrected chi connectivity index (χ2v) is 7.26. The van der Waals surface area contributed by atoms with Crippen molar-refractivity contribution in [3.05, 3.63) is 29.3 Å². The first-order valence-electron chi connectivity index (χ1n) is 9.93. The minimum absolute atomic E-state index is 0.0553. The molecule has 0 bridgehead atoms. The number of imide groups is 2. The van der Waals surface area contributed by atoms with Crippen LogP contribution in [0.2, 0.25) is 0 Å². The number of hydrogen-bond acceptors (Lipinski definition) is 6. The van der Waals surface area contributed by atoms with E-state index in [4.69, 9.17) is 4.74 Å². The summed E-state index contributed by atoms with van der Waals surface area (Å²) in [6, 6.07) is 3.55. The molecule has 154 valence electrons. The van der Waals surface area contributed by atoms with Crippen LogP contribution in [0.25, 0.3) is 0 Å². The Bertz CT molecular complexity index is 863. The number of Topliss-reactive ketones (excluding diaryl/α,β-unsaturated/α-hetero) is 1. The summed E-state index contributed by atoms with van der Waals surface area (Å²) in [7, 11) is 0. The zero-order valence-corrected chi connectivity index (χ0v) is 16.4. The van der Waals surface area contributed by atoms with Gasteiger partial charge in [0.15, 0.2) is 5.78 Å². The molecular weight excluding hydrogens is 376 g/mol. The summed E-state index contributed by atoms with van der Waals surface area (Å²) in [5, 5.41) is 2.16. The van der Waals surface area contributed by atoms with Crippen LogP contribution < -0.4 is 10.1 Å². The Morgan fingerprint density at radius 2 is 1.93 bits per heavy atom. The fraction of sp³-hybridized carbons (Fsp3) is 0.476. The highest BCUT2D eigenvalue weighted by atomic mass is 16.5. The van der Waals surface area contributed by atoms with Gasteiger partial charge in [-0.2, -0.15) is 0 Å². The number of hydrogen-bond donors (Lipinski definition) is 1. The van der Waals surface area contributed by atoms with Crippen molar-refractivity contribution in [2.75, 3.05) is 6.61 Å². The zero-order chi connectivity index (χ0) is 21.0. The van der Waals surface area contributed by atoms with Gasteiger partial charge in [0.2, 0.25) is 11.8 Å². The average molecular weight is 400 g/mol. The van der Waals surface area contributed by atoms with Gasteiger partial charge in [-0.05, 0) is 25.0 Å². The van der Waals surface area contributed by atoms with Gasteiger partial charge in [-0.3, -0.25) is 34.2 Å². The molecule has 0 radical (unpaired) electrons. The second-order valence-electron chi connectivity index (χ2n) is 7.26. The number of nitrogens with one attached hydrogen (secondary N) is 1. The number of benzene rings is 1. The van der Waals surface area contributed by atoms with Crippen LogP contribution in [0.1, 0.15) is 72.6 Å². The number of ketones is 1. The van der Waals surface area contributed by atoms with Crippen molar-refractivity contribution in [2.45, 2.75) is 57.9 Å². The molecule has 0 aromatic heterocycles. The third kappa shape index (κ3) is 4.36. The number of ether oxygens (including phenoxy) is 1. The summed E-state index contributed by atoms with van der Waals surface area (Å²) in [5.41, 5.74) is 0.188. The number of unbranched alkanes of at least 4 members (excludes halogenated alkanes) is 3. The van der Waals surface area contributed by atoms with Gasteiger partial charge in [-0.15, -0.1) is 0 Å². The number of rotatable bonds is 9. The Kier molecular flexibility index (Phi) is 6.41. The fourth-order valence-electron chi connectivity index (χ4n) is 3.58. The lowest BCUT2D eigenvalue weighted by Gasteiger charge is -2.27. The topological polar surface area (TPSA) is 110 Å². The molecule has 8 heteroatoms. The molecule has 2 aliphatic heterocycles. The Morgan fingerprint density at radius 3 is 2.66 bits per heavy atom. The molecule has 29 heavy (non-hydrogen) atoms. The number of piperidine rings is 1. The summed E-state index contributed by atoms with van der Waals surface area (Å²) < 4.78 is 5.56. The van der Waals surface area contributed by atoms with E-state index in [1.54, 1.807) is 6.07 Å². The largest absolute Gasteiger partial charge is 0.485 e. The normalized spacial score (nSPS) is 18.7. The maximum atomic E-state index is 12.9. The van der Waals surface area contributed by atoms with Crippen molar-refractivity contribution >= 4 is 29.4 Å². The zero-order valence-electron chi connectivity index (χ0n) is 16.4. The van der Waals surface area contributed by atoms with Crippen molar-refractivity contribution in [1.29, 1.82) is 0 Å². The van der Waals surface area contributed by atoms with Crippen LogP contribution in [-0.2, 0) is 14.4 Å². The second kappa shape index (κ2) is 8.98. The highest BCUT2D eigenvalue weighted by molar-refractivity contribution is 6.24. The standard InChI is InChI=1S/C21H24N2O6/c1-2-3-4-5-7-13(24)12-29-16-9-6-8-14-18(16)21(28)23(20(14)27)15-10-11-17(25)22-19(15)26/h6,8-9,15H,2-5,7,10-12H2,1H3,(H,22,25,26). The van der Waals surface area contributed by atoms with Gasteiger partial charge in [-0.25, -0.2) is 0 Å². The van der Waals surface area contributed by atoms with E-state index in [2.05, 4.69) is 12.2 Å². The number of amides is 4. The number of fused-ring (bicyclic) bond motifs is 1. The van der Waals surface area contributed by atoms with E-state index < -0.39 is 29.7 Å². The number of carbonyl (C=O) groups is 5. The number of nitrogens with zero attached hydrogens (tertiary/aromatic N) is 1. The van der Waals surface area contributed by atoms with E-state index in [1.165, 1.54) is 12.1 Å². The van der Waals surface area contributed by atoms with Gasteiger partial charge in [-0.1, -0.05) is 32.3 Å². The molecule has 1 N–H and O–H groups in total. The first kappa shape index (κ1) is 20.7. The molecule has 2 heterocycles. The van der Waals surface area contributed by atoms with Crippen LogP contribution in [0.15, 0.2) is 18.2 Å². The van der Waals surface area contributed by atoms with Crippen molar-refractivity contribution in [3.63, 3.8) is 0 Å². The first-order valence-corrected chi connectivity index (χ1v) is 9.93. The molecule has 0 saturated carbocycles. The van der Waals surface area contributed by atoms with Crippen LogP contribution in [0, 0.1) is 0 Å². The molecule has 1 atom stereocenters. The molecule has 2 aliphatic rings. The lowest BCUT2D eigenvalue weighted by molar-refractivity contribution is -0.136. The Morgan fingerprint density at radius 1 is 1.14 bits per heavy atom. The van der Waals surface area contributed by atoms with Crippen LogP contribution >= 0.6 is 0 Å². The van der Waals surface area contributed by atoms with E-state index >= 15 is 0 Å².